The molecule has 1 aromatic heterocycles. The third-order valence-corrected chi connectivity index (χ3v) is 2.48. The van der Waals surface area contributed by atoms with Crippen LogP contribution in [0.1, 0.15) is 0 Å². The lowest BCUT2D eigenvalue weighted by atomic mass is 10.4. The maximum atomic E-state index is 11.2. The fourth-order valence-corrected chi connectivity index (χ4v) is 2.04. The Kier molecular flexibility index (Phi) is 1.19. The zero-order chi connectivity index (χ0) is 7.90. The Bertz CT molecular complexity index is 310. The third kappa shape index (κ3) is 1.08. The van der Waals surface area contributed by atoms with Crippen LogP contribution in [0.5, 0.6) is 0 Å². The molecule has 1 atom stereocenters. The number of fused-ring (bicyclic) bond motifs is 1. The van der Waals surface area contributed by atoms with Crippen LogP contribution in [0, 0.1) is 0 Å². The average molecular weight is 170 g/mol. The predicted octanol–water partition coefficient (Wildman–Crippen LogP) is 0.986. The number of pyridine rings is 1. The molecule has 0 radical (unpaired) electrons. The van der Waals surface area contributed by atoms with Crippen molar-refractivity contribution >= 4 is 19.1 Å². The van der Waals surface area contributed by atoms with Gasteiger partial charge in [0, 0.05) is 6.20 Å². The van der Waals surface area contributed by atoms with E-state index in [1.807, 2.05) is 0 Å². The van der Waals surface area contributed by atoms with Crippen LogP contribution in [0.3, 0.4) is 0 Å². The second kappa shape index (κ2) is 1.96. The summed E-state index contributed by atoms with van der Waals surface area (Å²) in [7, 11) is -2.89. The van der Waals surface area contributed by atoms with Crippen LogP contribution < -0.4 is 15.7 Å². The highest BCUT2D eigenvalue weighted by Gasteiger charge is 2.25. The highest BCUT2D eigenvalue weighted by atomic mass is 31.2. The standard InChI is InChI=1S/C5H7N4OP/c6-11(10)8-4-2-1-3-7-5(4)9-11/h1-3H,(H4,6,7,8,9,10). The molecule has 0 aliphatic carbocycles. The first-order valence-electron chi connectivity index (χ1n) is 3.08. The molecule has 1 aliphatic heterocycles. The van der Waals surface area contributed by atoms with Gasteiger partial charge in [0.25, 0.3) is 0 Å². The van der Waals surface area contributed by atoms with E-state index in [4.69, 9.17) is 5.50 Å². The lowest BCUT2D eigenvalue weighted by Gasteiger charge is -2.02. The summed E-state index contributed by atoms with van der Waals surface area (Å²) in [5.74, 6) is 0.554. The van der Waals surface area contributed by atoms with Gasteiger partial charge in [0.05, 0.1) is 5.69 Å². The Morgan fingerprint density at radius 1 is 1.55 bits per heavy atom. The van der Waals surface area contributed by atoms with Crippen molar-refractivity contribution in [1.29, 1.82) is 0 Å². The van der Waals surface area contributed by atoms with E-state index in [0.717, 1.165) is 0 Å². The fraction of sp³-hybridized carbons (Fsp3) is 0. The smallest absolute Gasteiger partial charge is 0.305 e. The Labute approximate surface area is 63.5 Å². The zero-order valence-electron chi connectivity index (χ0n) is 5.61. The van der Waals surface area contributed by atoms with Crippen LogP contribution >= 0.6 is 7.59 Å². The Hall–Kier alpha value is -1.06. The molecule has 1 aliphatic rings. The Balaban J connectivity index is 2.49. The van der Waals surface area contributed by atoms with Crippen molar-refractivity contribution in [3.05, 3.63) is 18.3 Å². The van der Waals surface area contributed by atoms with Gasteiger partial charge in [-0.25, -0.2) is 10.5 Å². The molecule has 2 rings (SSSR count). The van der Waals surface area contributed by atoms with Crippen molar-refractivity contribution in [2.24, 2.45) is 5.50 Å². The fourth-order valence-electron chi connectivity index (χ4n) is 0.949. The first-order valence-corrected chi connectivity index (χ1v) is 4.85. The zero-order valence-corrected chi connectivity index (χ0v) is 6.51. The van der Waals surface area contributed by atoms with Gasteiger partial charge in [0.15, 0.2) is 5.82 Å². The molecule has 0 spiro atoms. The number of hydrogen-bond acceptors (Lipinski definition) is 2. The van der Waals surface area contributed by atoms with E-state index in [-0.39, 0.29) is 0 Å². The molecule has 2 heterocycles. The SMILES string of the molecule is NP1(=O)Nc2cccnc2N1. The maximum absolute atomic E-state index is 11.2. The van der Waals surface area contributed by atoms with Crippen molar-refractivity contribution in [2.75, 3.05) is 10.2 Å². The second-order valence-electron chi connectivity index (χ2n) is 2.28. The Morgan fingerprint density at radius 3 is 3.09 bits per heavy atom. The maximum Gasteiger partial charge on any atom is 0.326 e. The van der Waals surface area contributed by atoms with Crippen LogP contribution in [0.15, 0.2) is 18.3 Å². The average Bonchev–Trinajstić information content (AvgIpc) is 2.21. The molecule has 6 heteroatoms. The van der Waals surface area contributed by atoms with Gasteiger partial charge < -0.3 is 5.09 Å². The third-order valence-electron chi connectivity index (χ3n) is 1.37. The van der Waals surface area contributed by atoms with Crippen LogP contribution in [0.25, 0.3) is 0 Å². The monoisotopic (exact) mass is 170 g/mol. The van der Waals surface area contributed by atoms with E-state index in [1.165, 1.54) is 0 Å². The highest BCUT2D eigenvalue weighted by Crippen LogP contribution is 2.46. The molecule has 0 saturated heterocycles. The molecular weight excluding hydrogens is 163 g/mol. The predicted molar refractivity (Wildman–Crippen MR) is 43.3 cm³/mol. The summed E-state index contributed by atoms with van der Waals surface area (Å²) >= 11 is 0. The van der Waals surface area contributed by atoms with Crippen molar-refractivity contribution < 1.29 is 4.57 Å². The number of nitrogens with one attached hydrogen (secondary N) is 2. The normalized spacial score (nSPS) is 27.0. The first kappa shape index (κ1) is 6.64. The van der Waals surface area contributed by atoms with Crippen molar-refractivity contribution in [3.63, 3.8) is 0 Å². The molecule has 0 aromatic carbocycles. The number of hydrogen-bond donors (Lipinski definition) is 3. The first-order chi connectivity index (χ1) is 5.17. The summed E-state index contributed by atoms with van der Waals surface area (Å²) in [5.41, 5.74) is 6.01. The number of aromatic nitrogens is 1. The number of nitrogens with zero attached hydrogens (tertiary/aromatic N) is 1. The van der Waals surface area contributed by atoms with E-state index in [1.54, 1.807) is 18.3 Å². The molecule has 1 unspecified atom stereocenters. The summed E-state index contributed by atoms with van der Waals surface area (Å²) in [4.78, 5) is 3.93. The summed E-state index contributed by atoms with van der Waals surface area (Å²) in [6.45, 7) is 0. The number of nitrogens with two attached hydrogens (primary N) is 1. The second-order valence-corrected chi connectivity index (χ2v) is 4.04. The summed E-state index contributed by atoms with van der Waals surface area (Å²) < 4.78 is 11.2. The molecule has 5 nitrogen and oxygen atoms in total. The molecule has 4 N–H and O–H groups in total. The van der Waals surface area contributed by atoms with Crippen LogP contribution in [-0.2, 0) is 4.57 Å². The largest absolute Gasteiger partial charge is 0.326 e. The summed E-state index contributed by atoms with van der Waals surface area (Å²) in [5, 5.41) is 5.22. The Morgan fingerprint density at radius 2 is 2.36 bits per heavy atom. The molecule has 0 fully saturated rings. The quantitative estimate of drug-likeness (QED) is 0.506. The van der Waals surface area contributed by atoms with Gasteiger partial charge in [0.1, 0.15) is 0 Å². The molecule has 0 bridgehead atoms. The molecule has 11 heavy (non-hydrogen) atoms. The van der Waals surface area contributed by atoms with E-state index >= 15 is 0 Å². The summed E-state index contributed by atoms with van der Waals surface area (Å²) in [6.07, 6.45) is 1.61. The molecule has 58 valence electrons. The molecule has 1 aromatic rings. The van der Waals surface area contributed by atoms with Crippen LogP contribution in [0.4, 0.5) is 11.5 Å². The van der Waals surface area contributed by atoms with Crippen LogP contribution in [0.2, 0.25) is 0 Å². The number of anilines is 2. The summed E-state index contributed by atoms with van der Waals surface area (Å²) in [6, 6.07) is 3.51. The van der Waals surface area contributed by atoms with Gasteiger partial charge in [-0.3, -0.25) is 9.65 Å². The van der Waals surface area contributed by atoms with Gasteiger partial charge >= 0.3 is 7.59 Å². The van der Waals surface area contributed by atoms with E-state index in [0.29, 0.717) is 11.5 Å². The lowest BCUT2D eigenvalue weighted by Crippen LogP contribution is -2.05. The topological polar surface area (TPSA) is 80.0 Å². The molecule has 0 amide bonds. The lowest BCUT2D eigenvalue weighted by molar-refractivity contribution is 0.583. The number of rotatable bonds is 0. The van der Waals surface area contributed by atoms with Gasteiger partial charge in [-0.15, -0.1) is 0 Å². The minimum atomic E-state index is -2.89. The van der Waals surface area contributed by atoms with Gasteiger partial charge in [-0.2, -0.15) is 0 Å². The van der Waals surface area contributed by atoms with E-state index in [9.17, 15) is 4.57 Å². The van der Waals surface area contributed by atoms with Crippen molar-refractivity contribution in [2.45, 2.75) is 0 Å². The van der Waals surface area contributed by atoms with Gasteiger partial charge in [0.2, 0.25) is 0 Å². The molecular formula is C5H7N4OP. The van der Waals surface area contributed by atoms with Crippen molar-refractivity contribution in [3.8, 4) is 0 Å². The van der Waals surface area contributed by atoms with E-state index < -0.39 is 7.59 Å². The minimum absolute atomic E-state index is 0.554. The highest BCUT2D eigenvalue weighted by molar-refractivity contribution is 7.65. The van der Waals surface area contributed by atoms with Crippen LogP contribution in [-0.4, -0.2) is 4.98 Å². The van der Waals surface area contributed by atoms with Crippen molar-refractivity contribution in [1.82, 2.24) is 4.98 Å². The van der Waals surface area contributed by atoms with E-state index in [2.05, 4.69) is 15.2 Å². The van der Waals surface area contributed by atoms with Gasteiger partial charge in [-0.05, 0) is 12.1 Å². The molecule has 0 saturated carbocycles. The minimum Gasteiger partial charge on any atom is -0.305 e. The van der Waals surface area contributed by atoms with Gasteiger partial charge in [-0.1, -0.05) is 0 Å².